The van der Waals surface area contributed by atoms with Crippen LogP contribution in [0.2, 0.25) is 0 Å². The zero-order valence-electron chi connectivity index (χ0n) is 14.9. The van der Waals surface area contributed by atoms with Crippen LogP contribution in [0.1, 0.15) is 0 Å². The van der Waals surface area contributed by atoms with Gasteiger partial charge in [-0.25, -0.2) is 33.7 Å². The Balaban J connectivity index is 6.52. The molecule has 0 unspecified atom stereocenters. The average molecular weight is 495 g/mol. The van der Waals surface area contributed by atoms with Gasteiger partial charge < -0.3 is 30.6 Å². The second-order valence-corrected chi connectivity index (χ2v) is 15.4. The topological polar surface area (TPSA) is 258 Å². The summed E-state index contributed by atoms with van der Waals surface area (Å²) in [5.41, 5.74) is 0. The normalized spacial score (nSPS) is 19.6. The Labute approximate surface area is 161 Å². The highest BCUT2D eigenvalue weighted by atomic mass is 32.3. The van der Waals surface area contributed by atoms with E-state index in [-0.39, 0.29) is 25.0 Å². The summed E-state index contributed by atoms with van der Waals surface area (Å²) in [6, 6.07) is 0. The van der Waals surface area contributed by atoms with Gasteiger partial charge in [-0.3, -0.25) is 0 Å². The van der Waals surface area contributed by atoms with Gasteiger partial charge in [0.25, 0.3) is 8.53 Å². The van der Waals surface area contributed by atoms with Gasteiger partial charge in [-0.2, -0.15) is 0 Å². The minimum Gasteiger partial charge on any atom is -0.387 e. The van der Waals surface area contributed by atoms with Crippen molar-refractivity contribution in [3.63, 3.8) is 0 Å². The Kier molecular flexibility index (Phi) is 7.55. The number of aliphatic hydroxyl groups excluding tert-OH is 4. The molecule has 18 heteroatoms. The summed E-state index contributed by atoms with van der Waals surface area (Å²) in [5, 5.41) is 59.5. The van der Waals surface area contributed by atoms with E-state index in [1.165, 1.54) is 0 Å². The van der Waals surface area contributed by atoms with Gasteiger partial charge in [0.1, 0.15) is 24.4 Å². The van der Waals surface area contributed by atoms with E-state index in [4.69, 9.17) is 0 Å². The summed E-state index contributed by atoms with van der Waals surface area (Å²) >= 11 is 0. The molecule has 14 nitrogen and oxygen atoms in total. The molecule has 0 heterocycles. The van der Waals surface area contributed by atoms with Crippen LogP contribution in [0.5, 0.6) is 0 Å². The number of hydrogen-bond donors (Lipinski definition) is 6. The molecule has 6 N–H and O–H groups in total. The van der Waals surface area contributed by atoms with E-state index in [2.05, 4.69) is 0 Å². The van der Waals surface area contributed by atoms with Crippen LogP contribution < -0.4 is 0 Å². The minimum atomic E-state index is -5.15. The molecule has 0 amide bonds. The molecule has 0 bridgehead atoms. The molecular formula is C10H22O14S4. The van der Waals surface area contributed by atoms with Crippen LogP contribution in [-0.4, -0.2) is 122 Å². The van der Waals surface area contributed by atoms with E-state index in [9.17, 15) is 64.3 Å². The summed E-state index contributed by atoms with van der Waals surface area (Å²) in [6.45, 7) is 0. The summed E-state index contributed by atoms with van der Waals surface area (Å²) in [4.78, 5) is 0. The molecule has 0 fully saturated rings. The molecule has 0 aromatic carbocycles. The molecule has 0 saturated heterocycles. The maximum absolute atomic E-state index is 11.7. The van der Waals surface area contributed by atoms with Gasteiger partial charge in [-0.05, 0) is 0 Å². The standard InChI is InChI=1S/C10H22O14S4/c1-25(17,18)9(15,26(2,19)20)7(13)5(11)6(12)8(14)10(16,27(3,21)22)28(4,23)24/h5-8,11-16H,1-4H3/t5-,6-,7-,8-/m0/s1. The Morgan fingerprint density at radius 2 is 0.643 bits per heavy atom. The van der Waals surface area contributed by atoms with Gasteiger partial charge in [0.2, 0.25) is 0 Å². The van der Waals surface area contributed by atoms with Crippen molar-refractivity contribution < 1.29 is 64.3 Å². The predicted octanol–water partition coefficient (Wildman–Crippen LogP) is -6.10. The lowest BCUT2D eigenvalue weighted by atomic mass is 10.0. The first-order valence-electron chi connectivity index (χ1n) is 6.84. The fourth-order valence-electron chi connectivity index (χ4n) is 2.23. The van der Waals surface area contributed by atoms with E-state index < -0.39 is 72.3 Å². The molecule has 4 atom stereocenters. The Bertz CT molecular complexity index is 858. The van der Waals surface area contributed by atoms with Crippen LogP contribution in [0.3, 0.4) is 0 Å². The summed E-state index contributed by atoms with van der Waals surface area (Å²) in [7, 11) is -20.6. The SMILES string of the molecule is CS(=O)(=O)C(O)([C@@H](O)[C@@H](O)[C@H](O)[C@H](O)C(O)(S(C)(=O)=O)S(C)(=O)=O)S(C)(=O)=O. The van der Waals surface area contributed by atoms with Crippen molar-refractivity contribution in [2.24, 2.45) is 0 Å². The van der Waals surface area contributed by atoms with E-state index in [0.29, 0.717) is 0 Å². The zero-order chi connectivity index (χ0) is 23.3. The van der Waals surface area contributed by atoms with Crippen LogP contribution in [0, 0.1) is 0 Å². The van der Waals surface area contributed by atoms with Crippen molar-refractivity contribution in [3.8, 4) is 0 Å². The first kappa shape index (κ1) is 27.6. The molecule has 0 radical (unpaired) electrons. The fraction of sp³-hybridized carbons (Fsp3) is 1.00. The largest absolute Gasteiger partial charge is 0.387 e. The van der Waals surface area contributed by atoms with Gasteiger partial charge in [-0.1, -0.05) is 0 Å². The second-order valence-electron chi connectivity index (χ2n) is 6.22. The maximum Gasteiger partial charge on any atom is 0.296 e. The highest BCUT2D eigenvalue weighted by molar-refractivity contribution is 8.10. The van der Waals surface area contributed by atoms with E-state index in [0.717, 1.165) is 0 Å². The fourth-order valence-corrected chi connectivity index (χ4v) is 8.94. The Hall–Kier alpha value is -0.440. The third kappa shape index (κ3) is 4.35. The van der Waals surface area contributed by atoms with E-state index in [1.54, 1.807) is 0 Å². The Morgan fingerprint density at radius 3 is 0.750 bits per heavy atom. The molecule has 0 aromatic heterocycles. The summed E-state index contributed by atoms with van der Waals surface area (Å²) in [6.07, 6.45) is -12.5. The first-order valence-corrected chi connectivity index (χ1v) is 14.4. The third-order valence-corrected chi connectivity index (χ3v) is 12.7. The van der Waals surface area contributed by atoms with Gasteiger partial charge >= 0.3 is 0 Å². The lowest BCUT2D eigenvalue weighted by Crippen LogP contribution is -2.66. The molecule has 0 aliphatic rings. The van der Waals surface area contributed by atoms with Crippen molar-refractivity contribution in [1.82, 2.24) is 0 Å². The van der Waals surface area contributed by atoms with Crippen LogP contribution in [-0.2, 0) is 39.3 Å². The van der Waals surface area contributed by atoms with Crippen LogP contribution in [0.15, 0.2) is 0 Å². The van der Waals surface area contributed by atoms with Crippen molar-refractivity contribution in [3.05, 3.63) is 0 Å². The second kappa shape index (κ2) is 7.67. The zero-order valence-corrected chi connectivity index (χ0v) is 18.2. The molecule has 28 heavy (non-hydrogen) atoms. The van der Waals surface area contributed by atoms with Crippen molar-refractivity contribution in [1.29, 1.82) is 0 Å². The van der Waals surface area contributed by atoms with E-state index in [1.807, 2.05) is 0 Å². The number of sulfone groups is 4. The minimum absolute atomic E-state index is 0.135. The molecule has 0 rings (SSSR count). The molecule has 0 aromatic rings. The number of aliphatic hydroxyl groups is 6. The Morgan fingerprint density at radius 1 is 0.500 bits per heavy atom. The van der Waals surface area contributed by atoms with Crippen LogP contribution in [0.4, 0.5) is 0 Å². The molecule has 0 saturated carbocycles. The molecule has 0 aliphatic heterocycles. The van der Waals surface area contributed by atoms with Gasteiger partial charge in [-0.15, -0.1) is 0 Å². The monoisotopic (exact) mass is 494 g/mol. The first-order chi connectivity index (χ1) is 11.9. The molecule has 0 aliphatic carbocycles. The summed E-state index contributed by atoms with van der Waals surface area (Å²) in [5.74, 6) is 0. The lowest BCUT2D eigenvalue weighted by Gasteiger charge is -2.38. The smallest absolute Gasteiger partial charge is 0.296 e. The molecule has 0 spiro atoms. The van der Waals surface area contributed by atoms with Gasteiger partial charge in [0.15, 0.2) is 39.3 Å². The number of hydrogen-bond acceptors (Lipinski definition) is 14. The van der Waals surface area contributed by atoms with E-state index >= 15 is 0 Å². The number of rotatable bonds is 9. The molecule has 170 valence electrons. The highest BCUT2D eigenvalue weighted by Crippen LogP contribution is 2.32. The lowest BCUT2D eigenvalue weighted by molar-refractivity contribution is -0.144. The van der Waals surface area contributed by atoms with Crippen LogP contribution in [0.25, 0.3) is 0 Å². The predicted molar refractivity (Wildman–Crippen MR) is 93.3 cm³/mol. The van der Waals surface area contributed by atoms with Crippen molar-refractivity contribution >= 4 is 39.3 Å². The average Bonchev–Trinajstić information content (AvgIpc) is 2.45. The molecular weight excluding hydrogens is 472 g/mol. The van der Waals surface area contributed by atoms with Crippen LogP contribution >= 0.6 is 0 Å². The van der Waals surface area contributed by atoms with Crippen molar-refractivity contribution in [2.45, 2.75) is 32.9 Å². The van der Waals surface area contributed by atoms with Gasteiger partial charge in [0.05, 0.1) is 0 Å². The maximum atomic E-state index is 11.7. The highest BCUT2D eigenvalue weighted by Gasteiger charge is 2.63. The quantitative estimate of drug-likeness (QED) is 0.174. The van der Waals surface area contributed by atoms with Crippen molar-refractivity contribution in [2.75, 3.05) is 25.0 Å². The van der Waals surface area contributed by atoms with Gasteiger partial charge in [0, 0.05) is 25.0 Å². The third-order valence-electron chi connectivity index (χ3n) is 3.87. The summed E-state index contributed by atoms with van der Waals surface area (Å²) < 4.78 is 85.1.